The number of rotatable bonds is 4. The fraction of sp³-hybridized carbons (Fsp3) is 0.500. The van der Waals surface area contributed by atoms with Crippen LogP contribution in [-0.4, -0.2) is 69.3 Å². The smallest absolute Gasteiger partial charge is 0.407 e. The zero-order valence-corrected chi connectivity index (χ0v) is 22.1. The Morgan fingerprint density at radius 2 is 2.03 bits per heavy atom. The number of carboxylic acid groups (broad SMARTS) is 1. The molecule has 3 aliphatic rings. The van der Waals surface area contributed by atoms with E-state index in [2.05, 4.69) is 21.7 Å². The van der Waals surface area contributed by atoms with Crippen molar-refractivity contribution in [2.75, 3.05) is 26.2 Å². The number of hydrogen-bond donors (Lipinski definition) is 3. The van der Waals surface area contributed by atoms with Gasteiger partial charge in [0.15, 0.2) is 4.46 Å². The molecule has 4 rings (SSSR count). The van der Waals surface area contributed by atoms with E-state index in [0.717, 1.165) is 16.8 Å². The van der Waals surface area contributed by atoms with Crippen LogP contribution in [0, 0.1) is 11.3 Å². The summed E-state index contributed by atoms with van der Waals surface area (Å²) >= 11 is 13.3. The predicted molar refractivity (Wildman–Crippen MR) is 140 cm³/mol. The summed E-state index contributed by atoms with van der Waals surface area (Å²) in [6, 6.07) is 5.77. The maximum absolute atomic E-state index is 13.0. The molecule has 1 unspecified atom stereocenters. The van der Waals surface area contributed by atoms with Crippen LogP contribution in [-0.2, 0) is 9.53 Å². The monoisotopic (exact) mass is 534 g/mol. The van der Waals surface area contributed by atoms with Crippen molar-refractivity contribution >= 4 is 40.8 Å². The van der Waals surface area contributed by atoms with Crippen molar-refractivity contribution in [2.45, 2.75) is 43.3 Å². The van der Waals surface area contributed by atoms with Gasteiger partial charge in [-0.3, -0.25) is 15.1 Å². The number of carbonyl (C=O) groups excluding carboxylic acids is 1. The second-order valence-corrected chi connectivity index (χ2v) is 11.8. The van der Waals surface area contributed by atoms with Crippen LogP contribution in [0.15, 0.2) is 54.3 Å². The van der Waals surface area contributed by atoms with Crippen LogP contribution < -0.4 is 10.6 Å². The number of amides is 1. The first-order valence-electron chi connectivity index (χ1n) is 12.0. The van der Waals surface area contributed by atoms with Gasteiger partial charge in [0.1, 0.15) is 6.10 Å². The van der Waals surface area contributed by atoms with Crippen molar-refractivity contribution in [3.05, 3.63) is 60.0 Å². The molecule has 4 heterocycles. The van der Waals surface area contributed by atoms with Gasteiger partial charge < -0.3 is 20.1 Å². The summed E-state index contributed by atoms with van der Waals surface area (Å²) in [5, 5.41) is 16.6. The molecular weight excluding hydrogens is 503 g/mol. The van der Waals surface area contributed by atoms with Crippen molar-refractivity contribution in [1.29, 1.82) is 0 Å². The van der Waals surface area contributed by atoms with Gasteiger partial charge in [-0.05, 0) is 56.5 Å². The Hall–Kier alpha value is -2.39. The molecule has 1 aromatic heterocycles. The third kappa shape index (κ3) is 5.47. The minimum absolute atomic E-state index is 0.0104. The van der Waals surface area contributed by atoms with E-state index in [4.69, 9.17) is 27.9 Å². The molecule has 0 saturated carbocycles. The van der Waals surface area contributed by atoms with Crippen molar-refractivity contribution in [3.8, 4) is 0 Å². The number of nitrogens with one attached hydrogen (secondary N) is 2. The molecule has 0 spiro atoms. The molecule has 0 radical (unpaired) electrons. The number of ether oxygens (including phenoxy) is 1. The van der Waals surface area contributed by atoms with Gasteiger partial charge in [0.2, 0.25) is 0 Å². The van der Waals surface area contributed by atoms with Crippen molar-refractivity contribution in [2.24, 2.45) is 11.3 Å². The predicted octanol–water partition coefficient (Wildman–Crippen LogP) is 3.98. The van der Waals surface area contributed by atoms with Crippen molar-refractivity contribution < 1.29 is 19.4 Å². The van der Waals surface area contributed by atoms with E-state index >= 15 is 0 Å². The van der Waals surface area contributed by atoms with Gasteiger partial charge in [0, 0.05) is 31.7 Å². The Balaban J connectivity index is 1.84. The highest BCUT2D eigenvalue weighted by molar-refractivity contribution is 6.49. The molecular formula is C26H32Cl2N4O4. The van der Waals surface area contributed by atoms with E-state index in [1.165, 1.54) is 4.90 Å². The Bertz CT molecular complexity index is 1100. The molecule has 8 nitrogen and oxygen atoms in total. The minimum atomic E-state index is -1.38. The highest BCUT2D eigenvalue weighted by atomic mass is 35.5. The minimum Gasteiger partial charge on any atom is -0.465 e. The first-order valence-corrected chi connectivity index (χ1v) is 12.7. The van der Waals surface area contributed by atoms with Crippen LogP contribution in [0.1, 0.15) is 32.9 Å². The summed E-state index contributed by atoms with van der Waals surface area (Å²) < 4.78 is 4.63. The number of esters is 1. The largest absolute Gasteiger partial charge is 0.465 e. The van der Waals surface area contributed by atoms with Crippen LogP contribution in [0.5, 0.6) is 0 Å². The molecule has 10 heteroatoms. The topological polar surface area (TPSA) is 104 Å². The summed E-state index contributed by atoms with van der Waals surface area (Å²) in [7, 11) is 0. The van der Waals surface area contributed by atoms with E-state index in [1.807, 2.05) is 30.4 Å². The second kappa shape index (κ2) is 10.2. The lowest BCUT2D eigenvalue weighted by Gasteiger charge is -2.52. The standard InChI is InChI=1S/C26H32Cl2N4O4/c1-24(2,3)22(33)36-21-16-32(23(34)35)14-9-18(21)25(10-6-11-26(27,28)31-25)19-15-29-13-8-17(19)20-7-4-5-12-30-20/h4-9,11-12,19,21,29,31H,10,13-16H2,1-3H3,(H,34,35)/t19?,21-,25-/m0/s1. The number of aromatic nitrogens is 1. The van der Waals surface area contributed by atoms with E-state index in [-0.39, 0.29) is 19.0 Å². The summed E-state index contributed by atoms with van der Waals surface area (Å²) in [5.41, 5.74) is 0.966. The van der Waals surface area contributed by atoms with Crippen LogP contribution in [0.4, 0.5) is 4.79 Å². The van der Waals surface area contributed by atoms with Gasteiger partial charge in [0.25, 0.3) is 0 Å². The summed E-state index contributed by atoms with van der Waals surface area (Å²) in [5.74, 6) is -0.612. The average molecular weight is 535 g/mol. The highest BCUT2D eigenvalue weighted by Crippen LogP contribution is 2.46. The lowest BCUT2D eigenvalue weighted by Crippen LogP contribution is -2.65. The van der Waals surface area contributed by atoms with Gasteiger partial charge in [-0.25, -0.2) is 4.79 Å². The molecule has 1 amide bonds. The van der Waals surface area contributed by atoms with Gasteiger partial charge in [-0.15, -0.1) is 0 Å². The molecule has 36 heavy (non-hydrogen) atoms. The van der Waals surface area contributed by atoms with Gasteiger partial charge in [0.05, 0.1) is 23.2 Å². The quantitative estimate of drug-likeness (QED) is 0.232. The zero-order valence-electron chi connectivity index (χ0n) is 20.6. The third-order valence-corrected chi connectivity index (χ3v) is 7.26. The fourth-order valence-electron chi connectivity index (χ4n) is 5.07. The van der Waals surface area contributed by atoms with Gasteiger partial charge >= 0.3 is 12.1 Å². The van der Waals surface area contributed by atoms with E-state index < -0.39 is 33.6 Å². The normalized spacial score (nSPS) is 28.2. The van der Waals surface area contributed by atoms with Crippen LogP contribution in [0.25, 0.3) is 5.57 Å². The SMILES string of the molecule is CC(C)(C)C(=O)O[C@H]1CN(C(=O)O)CC=C1[C@]1(C2CNCC=C2c2ccccn2)CC=CC(Cl)(Cl)N1. The fourth-order valence-corrected chi connectivity index (χ4v) is 5.58. The zero-order chi connectivity index (χ0) is 26.1. The molecule has 0 aliphatic carbocycles. The Kier molecular flexibility index (Phi) is 7.53. The summed E-state index contributed by atoms with van der Waals surface area (Å²) in [6.45, 7) is 6.73. The van der Waals surface area contributed by atoms with E-state index in [9.17, 15) is 14.7 Å². The van der Waals surface area contributed by atoms with Crippen LogP contribution in [0.3, 0.4) is 0 Å². The molecule has 0 saturated heterocycles. The molecule has 3 atom stereocenters. The highest BCUT2D eigenvalue weighted by Gasteiger charge is 2.53. The van der Waals surface area contributed by atoms with Crippen molar-refractivity contribution in [1.82, 2.24) is 20.5 Å². The number of alkyl halides is 2. The molecule has 1 aromatic rings. The lowest BCUT2D eigenvalue weighted by atomic mass is 9.66. The molecule has 0 bridgehead atoms. The van der Waals surface area contributed by atoms with Crippen LogP contribution in [0.2, 0.25) is 0 Å². The molecule has 194 valence electrons. The number of pyridine rings is 1. The molecule has 3 N–H and O–H groups in total. The third-order valence-electron chi connectivity index (χ3n) is 6.81. The Morgan fingerprint density at radius 1 is 1.25 bits per heavy atom. The summed E-state index contributed by atoms with van der Waals surface area (Å²) in [4.78, 5) is 30.7. The number of halogens is 2. The van der Waals surface area contributed by atoms with Crippen LogP contribution >= 0.6 is 23.2 Å². The first-order chi connectivity index (χ1) is 16.9. The van der Waals surface area contributed by atoms with Gasteiger partial charge in [-0.1, -0.05) is 47.5 Å². The Labute approximate surface area is 221 Å². The van der Waals surface area contributed by atoms with E-state index in [1.54, 1.807) is 33.0 Å². The number of hydrogen-bond acceptors (Lipinski definition) is 6. The lowest BCUT2D eigenvalue weighted by molar-refractivity contribution is -0.158. The van der Waals surface area contributed by atoms with Gasteiger partial charge in [-0.2, -0.15) is 0 Å². The Morgan fingerprint density at radius 3 is 2.67 bits per heavy atom. The molecule has 0 fully saturated rings. The maximum atomic E-state index is 13.0. The van der Waals surface area contributed by atoms with E-state index in [0.29, 0.717) is 19.5 Å². The molecule has 0 aromatic carbocycles. The number of carbonyl (C=O) groups is 2. The second-order valence-electron chi connectivity index (χ2n) is 10.4. The molecule has 3 aliphatic heterocycles. The first kappa shape index (κ1) is 26.7. The van der Waals surface area contributed by atoms with Crippen molar-refractivity contribution in [3.63, 3.8) is 0 Å². The number of nitrogens with zero attached hydrogens (tertiary/aromatic N) is 2. The maximum Gasteiger partial charge on any atom is 0.407 e. The average Bonchev–Trinajstić information content (AvgIpc) is 2.83. The summed E-state index contributed by atoms with van der Waals surface area (Å²) in [6.07, 6.45) is 7.91.